The van der Waals surface area contributed by atoms with E-state index < -0.39 is 0 Å². The second-order valence-corrected chi connectivity index (χ2v) is 4.22. The molecule has 0 spiro atoms. The highest BCUT2D eigenvalue weighted by molar-refractivity contribution is 5.42. The third kappa shape index (κ3) is 1.27. The van der Waals surface area contributed by atoms with Crippen LogP contribution in [0.1, 0.15) is 0 Å². The normalized spacial score (nSPS) is 32.3. The molecule has 3 nitrogen and oxygen atoms in total. The molecule has 2 fully saturated rings. The SMILES string of the molecule is N#C[C@H]1[C@H]2CN(c3cc(F)ccn3)C[C@@H]12. The molecule has 3 atom stereocenters. The van der Waals surface area contributed by atoms with Gasteiger partial charge in [0.2, 0.25) is 0 Å². The van der Waals surface area contributed by atoms with Crippen LogP contribution >= 0.6 is 0 Å². The van der Waals surface area contributed by atoms with Gasteiger partial charge in [-0.25, -0.2) is 9.37 Å². The van der Waals surface area contributed by atoms with E-state index in [4.69, 9.17) is 5.26 Å². The van der Waals surface area contributed by atoms with Gasteiger partial charge in [0.25, 0.3) is 0 Å². The van der Waals surface area contributed by atoms with Crippen molar-refractivity contribution in [2.45, 2.75) is 0 Å². The minimum absolute atomic E-state index is 0.231. The van der Waals surface area contributed by atoms with Crippen LogP contribution in [0.5, 0.6) is 0 Å². The summed E-state index contributed by atoms with van der Waals surface area (Å²) >= 11 is 0. The van der Waals surface area contributed by atoms with Crippen LogP contribution in [-0.2, 0) is 0 Å². The summed E-state index contributed by atoms with van der Waals surface area (Å²) in [5.74, 6) is 1.64. The first-order valence-electron chi connectivity index (χ1n) is 5.05. The summed E-state index contributed by atoms with van der Waals surface area (Å²) in [5.41, 5.74) is 0. The molecule has 3 rings (SSSR count). The van der Waals surface area contributed by atoms with Crippen LogP contribution in [0, 0.1) is 34.9 Å². The van der Waals surface area contributed by atoms with E-state index in [1.165, 1.54) is 18.3 Å². The van der Waals surface area contributed by atoms with Gasteiger partial charge in [-0.15, -0.1) is 0 Å². The third-order valence-corrected chi connectivity index (χ3v) is 3.37. The van der Waals surface area contributed by atoms with E-state index >= 15 is 0 Å². The molecule has 1 saturated heterocycles. The van der Waals surface area contributed by atoms with Crippen LogP contribution in [0.3, 0.4) is 0 Å². The molecule has 0 N–H and O–H groups in total. The highest BCUT2D eigenvalue weighted by atomic mass is 19.1. The van der Waals surface area contributed by atoms with Crippen molar-refractivity contribution in [1.82, 2.24) is 4.98 Å². The number of piperidine rings is 1. The Morgan fingerprint density at radius 3 is 2.80 bits per heavy atom. The molecule has 1 aromatic rings. The van der Waals surface area contributed by atoms with E-state index in [0.29, 0.717) is 17.7 Å². The Bertz CT molecular complexity index is 428. The fourth-order valence-electron chi connectivity index (χ4n) is 2.47. The number of hydrogen-bond donors (Lipinski definition) is 0. The van der Waals surface area contributed by atoms with Gasteiger partial charge in [0.1, 0.15) is 11.6 Å². The molecule has 0 aromatic carbocycles. The number of fused-ring (bicyclic) bond motifs is 1. The van der Waals surface area contributed by atoms with Crippen LogP contribution < -0.4 is 4.90 Å². The fourth-order valence-corrected chi connectivity index (χ4v) is 2.47. The van der Waals surface area contributed by atoms with E-state index in [1.807, 2.05) is 0 Å². The van der Waals surface area contributed by atoms with Crippen molar-refractivity contribution in [2.75, 3.05) is 18.0 Å². The van der Waals surface area contributed by atoms with Crippen molar-refractivity contribution in [3.8, 4) is 6.07 Å². The zero-order valence-corrected chi connectivity index (χ0v) is 8.10. The number of anilines is 1. The standard InChI is InChI=1S/C11H10FN3/c12-7-1-2-14-11(3-7)15-5-9-8(4-13)10(9)6-15/h1-3,8-10H,5-6H2/t8-,9+,10-. The highest BCUT2D eigenvalue weighted by Crippen LogP contribution is 2.51. The highest BCUT2D eigenvalue weighted by Gasteiger charge is 2.56. The predicted molar refractivity (Wildman–Crippen MR) is 52.5 cm³/mol. The second kappa shape index (κ2) is 2.93. The number of nitrogens with zero attached hydrogens (tertiary/aromatic N) is 3. The van der Waals surface area contributed by atoms with Gasteiger partial charge in [-0.2, -0.15) is 5.26 Å². The van der Waals surface area contributed by atoms with Crippen LogP contribution in [0.4, 0.5) is 10.2 Å². The topological polar surface area (TPSA) is 39.9 Å². The van der Waals surface area contributed by atoms with Crippen LogP contribution in [0.25, 0.3) is 0 Å². The molecule has 1 aliphatic carbocycles. The number of hydrogen-bond acceptors (Lipinski definition) is 3. The molecule has 0 radical (unpaired) electrons. The zero-order chi connectivity index (χ0) is 10.4. The van der Waals surface area contributed by atoms with Gasteiger partial charge in [-0.05, 0) is 17.9 Å². The van der Waals surface area contributed by atoms with Crippen molar-refractivity contribution in [1.29, 1.82) is 5.26 Å². The monoisotopic (exact) mass is 203 g/mol. The van der Waals surface area contributed by atoms with Gasteiger partial charge in [0.05, 0.1) is 12.0 Å². The largest absolute Gasteiger partial charge is 0.356 e. The Morgan fingerprint density at radius 2 is 2.20 bits per heavy atom. The molecule has 2 aliphatic rings. The lowest BCUT2D eigenvalue weighted by atomic mass is 10.3. The molecule has 1 aromatic heterocycles. The smallest absolute Gasteiger partial charge is 0.131 e. The second-order valence-electron chi connectivity index (χ2n) is 4.22. The molecule has 1 saturated carbocycles. The first-order chi connectivity index (χ1) is 7.29. The molecule has 15 heavy (non-hydrogen) atoms. The summed E-state index contributed by atoms with van der Waals surface area (Å²) in [5, 5.41) is 8.77. The van der Waals surface area contributed by atoms with E-state index in [2.05, 4.69) is 16.0 Å². The minimum Gasteiger partial charge on any atom is -0.356 e. The average molecular weight is 203 g/mol. The first kappa shape index (κ1) is 8.66. The Labute approximate surface area is 87.1 Å². The lowest BCUT2D eigenvalue weighted by molar-refractivity contribution is 0.623. The van der Waals surface area contributed by atoms with E-state index in [1.54, 1.807) is 0 Å². The molecule has 2 heterocycles. The molecule has 0 amide bonds. The Morgan fingerprint density at radius 1 is 1.47 bits per heavy atom. The number of pyridine rings is 1. The van der Waals surface area contributed by atoms with Crippen molar-refractivity contribution in [2.24, 2.45) is 17.8 Å². The number of rotatable bonds is 1. The summed E-state index contributed by atoms with van der Waals surface area (Å²) in [7, 11) is 0. The average Bonchev–Trinajstić information content (AvgIpc) is 2.70. The summed E-state index contributed by atoms with van der Waals surface area (Å²) < 4.78 is 13.0. The molecule has 76 valence electrons. The summed E-state index contributed by atoms with van der Waals surface area (Å²) in [4.78, 5) is 6.19. The van der Waals surface area contributed by atoms with Crippen LogP contribution in [0.2, 0.25) is 0 Å². The Hall–Kier alpha value is -1.63. The maximum atomic E-state index is 13.0. The number of nitriles is 1. The van der Waals surface area contributed by atoms with Crippen LogP contribution in [-0.4, -0.2) is 18.1 Å². The summed E-state index contributed by atoms with van der Waals surface area (Å²) in [6.07, 6.45) is 1.48. The zero-order valence-electron chi connectivity index (χ0n) is 8.10. The Balaban J connectivity index is 1.75. The van der Waals surface area contributed by atoms with Crippen LogP contribution in [0.15, 0.2) is 18.3 Å². The maximum absolute atomic E-state index is 13.0. The van der Waals surface area contributed by atoms with E-state index in [0.717, 1.165) is 13.1 Å². The first-order valence-corrected chi connectivity index (χ1v) is 5.05. The molecule has 0 unspecified atom stereocenters. The maximum Gasteiger partial charge on any atom is 0.131 e. The lowest BCUT2D eigenvalue weighted by Gasteiger charge is -2.19. The van der Waals surface area contributed by atoms with E-state index in [9.17, 15) is 4.39 Å². The molecule has 1 aliphatic heterocycles. The minimum atomic E-state index is -0.252. The van der Waals surface area contributed by atoms with E-state index in [-0.39, 0.29) is 11.7 Å². The lowest BCUT2D eigenvalue weighted by Crippen LogP contribution is -2.24. The summed E-state index contributed by atoms with van der Waals surface area (Å²) in [6.45, 7) is 1.69. The third-order valence-electron chi connectivity index (χ3n) is 3.37. The van der Waals surface area contributed by atoms with Gasteiger partial charge >= 0.3 is 0 Å². The van der Waals surface area contributed by atoms with Gasteiger partial charge in [-0.3, -0.25) is 0 Å². The summed E-state index contributed by atoms with van der Waals surface area (Å²) in [6, 6.07) is 5.10. The molecular formula is C11H10FN3. The van der Waals surface area contributed by atoms with Crippen molar-refractivity contribution in [3.05, 3.63) is 24.1 Å². The number of aromatic nitrogens is 1. The quantitative estimate of drug-likeness (QED) is 0.693. The van der Waals surface area contributed by atoms with Gasteiger partial charge < -0.3 is 4.90 Å². The Kier molecular flexibility index (Phi) is 1.69. The van der Waals surface area contributed by atoms with Gasteiger partial charge in [0, 0.05) is 25.4 Å². The van der Waals surface area contributed by atoms with Crippen molar-refractivity contribution >= 4 is 5.82 Å². The number of halogens is 1. The van der Waals surface area contributed by atoms with Crippen molar-refractivity contribution < 1.29 is 4.39 Å². The predicted octanol–water partition coefficient (Wildman–Crippen LogP) is 1.43. The fraction of sp³-hybridized carbons (Fsp3) is 0.455. The molecule has 0 bridgehead atoms. The molecular weight excluding hydrogens is 193 g/mol. The van der Waals surface area contributed by atoms with Gasteiger partial charge in [0.15, 0.2) is 0 Å². The van der Waals surface area contributed by atoms with Gasteiger partial charge in [-0.1, -0.05) is 0 Å². The van der Waals surface area contributed by atoms with Crippen molar-refractivity contribution in [3.63, 3.8) is 0 Å². The molecule has 4 heteroatoms.